The third-order valence-electron chi connectivity index (χ3n) is 5.89. The van der Waals surface area contributed by atoms with E-state index in [1.807, 2.05) is 64.7 Å². The molecule has 0 N–H and O–H groups in total. The molecule has 2 atom stereocenters. The number of hydrogen-bond acceptors (Lipinski definition) is 4. The van der Waals surface area contributed by atoms with Crippen LogP contribution in [0.15, 0.2) is 53.2 Å². The zero-order valence-electron chi connectivity index (χ0n) is 16.4. The van der Waals surface area contributed by atoms with Crippen molar-refractivity contribution < 1.29 is 14.0 Å². The minimum absolute atomic E-state index is 0.0217. The Bertz CT molecular complexity index is 1080. The van der Waals surface area contributed by atoms with Crippen LogP contribution in [0.5, 0.6) is 0 Å². The molecule has 5 heterocycles. The number of rotatable bonds is 3. The Labute approximate surface area is 168 Å². The molecule has 0 bridgehead atoms. The van der Waals surface area contributed by atoms with Crippen LogP contribution in [0.2, 0.25) is 0 Å². The largest absolute Gasteiger partial charge is 0.466 e. The van der Waals surface area contributed by atoms with Crippen molar-refractivity contribution in [3.63, 3.8) is 0 Å². The first kappa shape index (κ1) is 17.7. The molecule has 5 rings (SSSR count). The summed E-state index contributed by atoms with van der Waals surface area (Å²) in [6, 6.07) is 11.2. The summed E-state index contributed by atoms with van der Waals surface area (Å²) in [6.07, 6.45) is 3.67. The Morgan fingerprint density at radius 1 is 1.17 bits per heavy atom. The summed E-state index contributed by atoms with van der Waals surface area (Å²) < 4.78 is 7.57. The van der Waals surface area contributed by atoms with Crippen molar-refractivity contribution in [2.75, 3.05) is 13.1 Å². The fourth-order valence-electron chi connectivity index (χ4n) is 4.55. The highest BCUT2D eigenvalue weighted by molar-refractivity contribution is 5.96. The van der Waals surface area contributed by atoms with Crippen molar-refractivity contribution in [2.24, 2.45) is 0 Å². The van der Waals surface area contributed by atoms with Crippen LogP contribution in [-0.2, 0) is 6.54 Å². The SMILES string of the molecule is Cc1cc(C(=O)N2CC3C(C2)n2cccc2C(=O)N3Cc2ccccn2)c(C)o1. The van der Waals surface area contributed by atoms with E-state index in [0.29, 0.717) is 36.7 Å². The van der Waals surface area contributed by atoms with Gasteiger partial charge in [0.25, 0.3) is 11.8 Å². The van der Waals surface area contributed by atoms with E-state index < -0.39 is 0 Å². The Kier molecular flexibility index (Phi) is 4.04. The first-order chi connectivity index (χ1) is 14.0. The number of furan rings is 1. The molecule has 3 aromatic rings. The predicted molar refractivity (Wildman–Crippen MR) is 105 cm³/mol. The average molecular weight is 390 g/mol. The molecule has 0 radical (unpaired) electrons. The molecule has 1 fully saturated rings. The van der Waals surface area contributed by atoms with E-state index in [1.54, 1.807) is 12.3 Å². The summed E-state index contributed by atoms with van der Waals surface area (Å²) in [4.78, 5) is 34.4. The lowest BCUT2D eigenvalue weighted by atomic mass is 10.1. The molecule has 2 aliphatic rings. The van der Waals surface area contributed by atoms with Gasteiger partial charge in [0.2, 0.25) is 0 Å². The highest BCUT2D eigenvalue weighted by Crippen LogP contribution is 2.35. The Morgan fingerprint density at radius 3 is 2.72 bits per heavy atom. The van der Waals surface area contributed by atoms with Crippen molar-refractivity contribution in [3.8, 4) is 0 Å². The van der Waals surface area contributed by atoms with Gasteiger partial charge in [-0.2, -0.15) is 0 Å². The second-order valence-electron chi connectivity index (χ2n) is 7.73. The Balaban J connectivity index is 1.48. The predicted octanol–water partition coefficient (Wildman–Crippen LogP) is 2.81. The van der Waals surface area contributed by atoms with Gasteiger partial charge in [0, 0.05) is 25.5 Å². The van der Waals surface area contributed by atoms with Crippen LogP contribution in [0.3, 0.4) is 0 Å². The van der Waals surface area contributed by atoms with Crippen LogP contribution < -0.4 is 0 Å². The maximum absolute atomic E-state index is 13.2. The van der Waals surface area contributed by atoms with Crippen LogP contribution in [0.1, 0.15) is 44.1 Å². The summed E-state index contributed by atoms with van der Waals surface area (Å²) in [5.74, 6) is 1.28. The van der Waals surface area contributed by atoms with Crippen LogP contribution in [0.4, 0.5) is 0 Å². The van der Waals surface area contributed by atoms with Crippen molar-refractivity contribution in [1.29, 1.82) is 0 Å². The maximum Gasteiger partial charge on any atom is 0.271 e. The standard InChI is InChI=1S/C22H22N4O3/c1-14-10-17(15(2)29-14)21(27)24-12-19-20(13-24)26(11-16-6-3-4-8-23-16)22(28)18-7-5-9-25(18)19/h3-10,19-20H,11-13H2,1-2H3. The van der Waals surface area contributed by atoms with Gasteiger partial charge in [-0.3, -0.25) is 14.6 Å². The molecule has 2 aliphatic heterocycles. The number of hydrogen-bond donors (Lipinski definition) is 0. The molecule has 2 amide bonds. The highest BCUT2D eigenvalue weighted by atomic mass is 16.3. The summed E-state index contributed by atoms with van der Waals surface area (Å²) in [5, 5.41) is 0. The summed E-state index contributed by atoms with van der Waals surface area (Å²) in [7, 11) is 0. The minimum Gasteiger partial charge on any atom is -0.466 e. The average Bonchev–Trinajstić information content (AvgIpc) is 3.43. The van der Waals surface area contributed by atoms with Gasteiger partial charge in [0.05, 0.1) is 29.9 Å². The summed E-state index contributed by atoms with van der Waals surface area (Å²) in [6.45, 7) is 5.12. The molecule has 148 valence electrons. The molecule has 1 saturated heterocycles. The van der Waals surface area contributed by atoms with Gasteiger partial charge in [0.15, 0.2) is 0 Å². The molecule has 7 heteroatoms. The third-order valence-corrected chi connectivity index (χ3v) is 5.89. The van der Waals surface area contributed by atoms with Gasteiger partial charge in [-0.1, -0.05) is 6.07 Å². The number of aryl methyl sites for hydroxylation is 2. The molecule has 7 nitrogen and oxygen atoms in total. The quantitative estimate of drug-likeness (QED) is 0.689. The van der Waals surface area contributed by atoms with E-state index in [-0.39, 0.29) is 23.9 Å². The van der Waals surface area contributed by atoms with Gasteiger partial charge < -0.3 is 18.8 Å². The monoisotopic (exact) mass is 390 g/mol. The van der Waals surface area contributed by atoms with E-state index in [0.717, 1.165) is 11.5 Å². The van der Waals surface area contributed by atoms with Crippen LogP contribution in [-0.4, -0.2) is 50.3 Å². The van der Waals surface area contributed by atoms with E-state index >= 15 is 0 Å². The first-order valence-corrected chi connectivity index (χ1v) is 9.77. The number of carbonyl (C=O) groups is 2. The maximum atomic E-state index is 13.2. The van der Waals surface area contributed by atoms with E-state index in [2.05, 4.69) is 4.98 Å². The number of amides is 2. The van der Waals surface area contributed by atoms with Crippen molar-refractivity contribution >= 4 is 11.8 Å². The third kappa shape index (κ3) is 2.85. The smallest absolute Gasteiger partial charge is 0.271 e. The number of aromatic nitrogens is 2. The number of fused-ring (bicyclic) bond motifs is 3. The van der Waals surface area contributed by atoms with Gasteiger partial charge in [-0.05, 0) is 44.2 Å². The minimum atomic E-state index is -0.0957. The molecule has 29 heavy (non-hydrogen) atoms. The fraction of sp³-hybridized carbons (Fsp3) is 0.318. The number of nitrogens with zero attached hydrogens (tertiary/aromatic N) is 4. The molecule has 2 unspecified atom stereocenters. The van der Waals surface area contributed by atoms with Crippen LogP contribution >= 0.6 is 0 Å². The molecule has 0 aliphatic carbocycles. The molecule has 0 spiro atoms. The highest BCUT2D eigenvalue weighted by Gasteiger charge is 2.46. The summed E-state index contributed by atoms with van der Waals surface area (Å²) in [5.41, 5.74) is 2.09. The lowest BCUT2D eigenvalue weighted by molar-refractivity contribution is 0.0547. The zero-order chi connectivity index (χ0) is 20.1. The topological polar surface area (TPSA) is 71.6 Å². The van der Waals surface area contributed by atoms with Crippen molar-refractivity contribution in [3.05, 3.63) is 77.3 Å². The fourth-order valence-corrected chi connectivity index (χ4v) is 4.55. The van der Waals surface area contributed by atoms with Gasteiger partial charge in [0.1, 0.15) is 17.2 Å². The molecular formula is C22H22N4O3. The van der Waals surface area contributed by atoms with E-state index in [4.69, 9.17) is 4.42 Å². The first-order valence-electron chi connectivity index (χ1n) is 9.77. The molecule has 0 saturated carbocycles. The van der Waals surface area contributed by atoms with Crippen molar-refractivity contribution in [2.45, 2.75) is 32.5 Å². The lowest BCUT2D eigenvalue weighted by Crippen LogP contribution is -2.50. The molecular weight excluding hydrogens is 368 g/mol. The van der Waals surface area contributed by atoms with Gasteiger partial charge >= 0.3 is 0 Å². The molecule has 0 aromatic carbocycles. The van der Waals surface area contributed by atoms with Gasteiger partial charge in [-0.25, -0.2) is 0 Å². The van der Waals surface area contributed by atoms with Crippen LogP contribution in [0, 0.1) is 13.8 Å². The number of carbonyl (C=O) groups excluding carboxylic acids is 2. The van der Waals surface area contributed by atoms with Crippen molar-refractivity contribution in [1.82, 2.24) is 19.4 Å². The number of likely N-dealkylation sites (tertiary alicyclic amines) is 1. The lowest BCUT2D eigenvalue weighted by Gasteiger charge is -2.37. The van der Waals surface area contributed by atoms with Crippen LogP contribution in [0.25, 0.3) is 0 Å². The summed E-state index contributed by atoms with van der Waals surface area (Å²) >= 11 is 0. The Morgan fingerprint density at radius 2 is 2.00 bits per heavy atom. The van der Waals surface area contributed by atoms with E-state index in [1.165, 1.54) is 0 Å². The van der Waals surface area contributed by atoms with Gasteiger partial charge in [-0.15, -0.1) is 0 Å². The normalized spacial score (nSPS) is 20.7. The number of pyridine rings is 1. The molecule has 3 aromatic heterocycles. The van der Waals surface area contributed by atoms with E-state index in [9.17, 15) is 9.59 Å². The second-order valence-corrected chi connectivity index (χ2v) is 7.73. The Hall–Kier alpha value is -3.35. The second kappa shape index (κ2) is 6.62. The zero-order valence-corrected chi connectivity index (χ0v) is 16.4.